The van der Waals surface area contributed by atoms with Crippen LogP contribution < -0.4 is 20.5 Å². The van der Waals surface area contributed by atoms with Crippen LogP contribution in [0.25, 0.3) is 0 Å². The highest BCUT2D eigenvalue weighted by Crippen LogP contribution is 2.29. The molecule has 0 aliphatic heterocycles. The zero-order valence-electron chi connectivity index (χ0n) is 12.8. The smallest absolute Gasteiger partial charge is 0.193 e. The van der Waals surface area contributed by atoms with E-state index < -0.39 is 0 Å². The van der Waals surface area contributed by atoms with Gasteiger partial charge in [-0.05, 0) is 30.9 Å². The van der Waals surface area contributed by atoms with E-state index in [4.69, 9.17) is 15.2 Å². The molecular formula is C15H25N3O2. The Morgan fingerprint density at radius 1 is 1.25 bits per heavy atom. The summed E-state index contributed by atoms with van der Waals surface area (Å²) in [5.74, 6) is 2.46. The molecule has 20 heavy (non-hydrogen) atoms. The fourth-order valence-corrected chi connectivity index (χ4v) is 1.80. The molecule has 1 aromatic rings. The van der Waals surface area contributed by atoms with Crippen LogP contribution in [-0.4, -0.2) is 26.7 Å². The lowest BCUT2D eigenvalue weighted by Crippen LogP contribution is -2.22. The molecule has 0 saturated carbocycles. The minimum atomic E-state index is 0.418. The van der Waals surface area contributed by atoms with Crippen molar-refractivity contribution in [3.8, 4) is 11.5 Å². The maximum Gasteiger partial charge on any atom is 0.193 e. The number of benzene rings is 1. The van der Waals surface area contributed by atoms with Gasteiger partial charge in [0.15, 0.2) is 17.5 Å². The van der Waals surface area contributed by atoms with E-state index in [-0.39, 0.29) is 0 Å². The molecule has 0 atom stereocenters. The van der Waals surface area contributed by atoms with Gasteiger partial charge in [0, 0.05) is 18.3 Å². The summed E-state index contributed by atoms with van der Waals surface area (Å²) in [7, 11) is 3.21. The van der Waals surface area contributed by atoms with Crippen molar-refractivity contribution in [3.05, 3.63) is 18.2 Å². The van der Waals surface area contributed by atoms with Crippen molar-refractivity contribution >= 4 is 11.6 Å². The zero-order valence-corrected chi connectivity index (χ0v) is 12.8. The molecule has 0 unspecified atom stereocenters. The van der Waals surface area contributed by atoms with Crippen molar-refractivity contribution in [3.63, 3.8) is 0 Å². The third-order valence-corrected chi connectivity index (χ3v) is 2.88. The molecule has 0 heterocycles. The third kappa shape index (κ3) is 5.38. The van der Waals surface area contributed by atoms with E-state index >= 15 is 0 Å². The number of hydrogen-bond donors (Lipinski definition) is 2. The monoisotopic (exact) mass is 279 g/mol. The standard InChI is InChI=1S/C15H25N3O2/c1-11(2)6-5-9-17-15(16)18-12-7-8-13(19-3)14(10-12)20-4/h7-8,10-11H,5-6,9H2,1-4H3,(H3,16,17,18). The Labute approximate surface area is 121 Å². The second kappa shape index (κ2) is 8.30. The summed E-state index contributed by atoms with van der Waals surface area (Å²) in [6.45, 7) is 5.15. The highest BCUT2D eigenvalue weighted by atomic mass is 16.5. The number of nitrogens with zero attached hydrogens (tertiary/aromatic N) is 1. The molecule has 0 saturated heterocycles. The number of rotatable bonds is 7. The minimum Gasteiger partial charge on any atom is -0.493 e. The second-order valence-corrected chi connectivity index (χ2v) is 5.00. The predicted molar refractivity (Wildman–Crippen MR) is 83.7 cm³/mol. The maximum atomic E-state index is 5.85. The van der Waals surface area contributed by atoms with Crippen LogP contribution in [0.2, 0.25) is 0 Å². The van der Waals surface area contributed by atoms with Crippen LogP contribution in [0.4, 0.5) is 5.69 Å². The van der Waals surface area contributed by atoms with Gasteiger partial charge in [-0.15, -0.1) is 0 Å². The molecule has 0 spiro atoms. The van der Waals surface area contributed by atoms with Gasteiger partial charge >= 0.3 is 0 Å². The first-order valence-corrected chi connectivity index (χ1v) is 6.85. The Morgan fingerprint density at radius 3 is 2.55 bits per heavy atom. The van der Waals surface area contributed by atoms with E-state index in [1.807, 2.05) is 18.2 Å². The largest absolute Gasteiger partial charge is 0.493 e. The first-order valence-electron chi connectivity index (χ1n) is 6.85. The van der Waals surface area contributed by atoms with Gasteiger partial charge in [-0.3, -0.25) is 4.99 Å². The van der Waals surface area contributed by atoms with Crippen LogP contribution in [0.3, 0.4) is 0 Å². The van der Waals surface area contributed by atoms with Crippen molar-refractivity contribution in [2.75, 3.05) is 26.1 Å². The van der Waals surface area contributed by atoms with Gasteiger partial charge in [0.1, 0.15) is 0 Å². The number of hydrogen-bond acceptors (Lipinski definition) is 3. The molecule has 1 aromatic carbocycles. The molecule has 112 valence electrons. The Balaban J connectivity index is 2.57. The predicted octanol–water partition coefficient (Wildman–Crippen LogP) is 2.87. The number of guanidine groups is 1. The number of methoxy groups -OCH3 is 2. The lowest BCUT2D eigenvalue weighted by atomic mass is 10.1. The summed E-state index contributed by atoms with van der Waals surface area (Å²) in [4.78, 5) is 4.30. The first kappa shape index (κ1) is 16.1. The first-order chi connectivity index (χ1) is 9.56. The molecule has 5 nitrogen and oxygen atoms in total. The third-order valence-electron chi connectivity index (χ3n) is 2.88. The Hall–Kier alpha value is -1.91. The second-order valence-electron chi connectivity index (χ2n) is 5.00. The van der Waals surface area contributed by atoms with Crippen molar-refractivity contribution in [1.82, 2.24) is 0 Å². The number of anilines is 1. The number of aliphatic imine (C=N–C) groups is 1. The minimum absolute atomic E-state index is 0.418. The highest BCUT2D eigenvalue weighted by Gasteiger charge is 2.04. The fourth-order valence-electron chi connectivity index (χ4n) is 1.80. The summed E-state index contributed by atoms with van der Waals surface area (Å²) in [5, 5.41) is 3.05. The quantitative estimate of drug-likeness (QED) is 0.457. The van der Waals surface area contributed by atoms with E-state index in [2.05, 4.69) is 24.2 Å². The molecule has 1 rings (SSSR count). The lowest BCUT2D eigenvalue weighted by molar-refractivity contribution is 0.355. The van der Waals surface area contributed by atoms with E-state index in [0.29, 0.717) is 23.4 Å². The molecule has 0 bridgehead atoms. The molecular weight excluding hydrogens is 254 g/mol. The molecule has 0 aromatic heterocycles. The number of ether oxygens (including phenoxy) is 2. The van der Waals surface area contributed by atoms with Gasteiger partial charge in [-0.1, -0.05) is 13.8 Å². The molecule has 5 heteroatoms. The SMILES string of the molecule is COc1ccc(NC(N)=NCCCC(C)C)cc1OC. The van der Waals surface area contributed by atoms with Crippen LogP contribution in [0.15, 0.2) is 23.2 Å². The van der Waals surface area contributed by atoms with Crippen LogP contribution in [0.5, 0.6) is 11.5 Å². The maximum absolute atomic E-state index is 5.85. The van der Waals surface area contributed by atoms with Gasteiger partial charge in [-0.2, -0.15) is 0 Å². The van der Waals surface area contributed by atoms with Crippen molar-refractivity contribution in [1.29, 1.82) is 0 Å². The zero-order chi connectivity index (χ0) is 15.0. The summed E-state index contributed by atoms with van der Waals surface area (Å²) in [6, 6.07) is 5.53. The van der Waals surface area contributed by atoms with Gasteiger partial charge in [0.25, 0.3) is 0 Å². The van der Waals surface area contributed by atoms with Gasteiger partial charge < -0.3 is 20.5 Å². The number of nitrogens with one attached hydrogen (secondary N) is 1. The van der Waals surface area contributed by atoms with Crippen molar-refractivity contribution in [2.24, 2.45) is 16.6 Å². The van der Waals surface area contributed by atoms with Crippen LogP contribution in [-0.2, 0) is 0 Å². The fraction of sp³-hybridized carbons (Fsp3) is 0.533. The van der Waals surface area contributed by atoms with E-state index in [1.165, 1.54) is 0 Å². The summed E-state index contributed by atoms with van der Waals surface area (Å²) < 4.78 is 10.4. The normalized spacial score (nSPS) is 11.6. The Bertz CT molecular complexity index is 445. The van der Waals surface area contributed by atoms with Crippen molar-refractivity contribution in [2.45, 2.75) is 26.7 Å². The van der Waals surface area contributed by atoms with Gasteiger partial charge in [0.2, 0.25) is 0 Å². The highest BCUT2D eigenvalue weighted by molar-refractivity contribution is 5.92. The van der Waals surface area contributed by atoms with Crippen LogP contribution in [0, 0.1) is 5.92 Å². The molecule has 0 radical (unpaired) electrons. The molecule has 0 aliphatic carbocycles. The van der Waals surface area contributed by atoms with Crippen LogP contribution >= 0.6 is 0 Å². The molecule has 3 N–H and O–H groups in total. The average molecular weight is 279 g/mol. The summed E-state index contributed by atoms with van der Waals surface area (Å²) in [5.41, 5.74) is 6.68. The molecule has 0 fully saturated rings. The summed E-state index contributed by atoms with van der Waals surface area (Å²) >= 11 is 0. The van der Waals surface area contributed by atoms with Crippen molar-refractivity contribution < 1.29 is 9.47 Å². The van der Waals surface area contributed by atoms with E-state index in [9.17, 15) is 0 Å². The van der Waals surface area contributed by atoms with E-state index in [0.717, 1.165) is 25.1 Å². The Morgan fingerprint density at radius 2 is 1.95 bits per heavy atom. The number of nitrogens with two attached hydrogens (primary N) is 1. The molecule has 0 aliphatic rings. The topological polar surface area (TPSA) is 68.9 Å². The lowest BCUT2D eigenvalue weighted by Gasteiger charge is -2.11. The summed E-state index contributed by atoms with van der Waals surface area (Å²) in [6.07, 6.45) is 2.21. The van der Waals surface area contributed by atoms with Gasteiger partial charge in [-0.25, -0.2) is 0 Å². The molecule has 0 amide bonds. The average Bonchev–Trinajstić information content (AvgIpc) is 2.43. The van der Waals surface area contributed by atoms with Gasteiger partial charge in [0.05, 0.1) is 14.2 Å². The van der Waals surface area contributed by atoms with Crippen LogP contribution in [0.1, 0.15) is 26.7 Å². The van der Waals surface area contributed by atoms with E-state index in [1.54, 1.807) is 14.2 Å². The Kier molecular flexibility index (Phi) is 6.70.